The van der Waals surface area contributed by atoms with Gasteiger partial charge < -0.3 is 14.6 Å². The summed E-state index contributed by atoms with van der Waals surface area (Å²) in [7, 11) is 0. The molecule has 11 heteroatoms. The zero-order valence-corrected chi connectivity index (χ0v) is 20.2. The van der Waals surface area contributed by atoms with Gasteiger partial charge in [-0.1, -0.05) is 36.9 Å². The molecule has 2 aromatic heterocycles. The molecule has 0 radical (unpaired) electrons. The molecule has 4 aromatic rings. The van der Waals surface area contributed by atoms with Crippen LogP contribution in [0.4, 0.5) is 13.2 Å². The van der Waals surface area contributed by atoms with Crippen molar-refractivity contribution in [2.24, 2.45) is 5.92 Å². The summed E-state index contributed by atoms with van der Waals surface area (Å²) in [6, 6.07) is 12.4. The molecule has 1 N–H and O–H groups in total. The molecule has 3 heterocycles. The number of piperidine rings is 1. The van der Waals surface area contributed by atoms with Crippen molar-refractivity contribution in [3.8, 4) is 11.4 Å². The number of amides is 1. The van der Waals surface area contributed by atoms with E-state index in [0.29, 0.717) is 30.2 Å². The summed E-state index contributed by atoms with van der Waals surface area (Å²) in [6.45, 7) is 3.56. The molecular formula is C25H23F3N4O3S. The number of halogens is 3. The van der Waals surface area contributed by atoms with Crippen molar-refractivity contribution in [1.29, 1.82) is 0 Å². The molecule has 0 atom stereocenters. The van der Waals surface area contributed by atoms with E-state index in [4.69, 9.17) is 4.98 Å². The van der Waals surface area contributed by atoms with Crippen LogP contribution in [0, 0.1) is 5.92 Å². The Morgan fingerprint density at radius 2 is 1.83 bits per heavy atom. The highest BCUT2D eigenvalue weighted by molar-refractivity contribution is 7.99. The van der Waals surface area contributed by atoms with Crippen LogP contribution in [0.25, 0.3) is 27.6 Å². The number of carbonyl (C=O) groups excluding carboxylic acids is 1. The topological polar surface area (TPSA) is 80.2 Å². The Balaban J connectivity index is 1.54. The summed E-state index contributed by atoms with van der Waals surface area (Å²) in [5.41, 5.74) is 1.38. The number of aromatic amines is 1. The second-order valence-electron chi connectivity index (χ2n) is 8.82. The number of nitrogens with zero attached hydrogens (tertiary/aromatic N) is 3. The van der Waals surface area contributed by atoms with E-state index >= 15 is 0 Å². The number of likely N-dealkylation sites (tertiary alicyclic amines) is 1. The van der Waals surface area contributed by atoms with Crippen molar-refractivity contribution in [1.82, 2.24) is 19.4 Å². The van der Waals surface area contributed by atoms with Crippen molar-refractivity contribution in [3.63, 3.8) is 0 Å². The number of alkyl halides is 3. The summed E-state index contributed by atoms with van der Waals surface area (Å²) in [5, 5.41) is 1.05. The first-order valence-electron chi connectivity index (χ1n) is 11.5. The Morgan fingerprint density at radius 3 is 2.53 bits per heavy atom. The van der Waals surface area contributed by atoms with E-state index in [-0.39, 0.29) is 22.3 Å². The van der Waals surface area contributed by atoms with E-state index in [2.05, 4.69) is 16.6 Å². The number of ether oxygens (including phenoxy) is 1. The van der Waals surface area contributed by atoms with Crippen LogP contribution in [-0.2, 0) is 4.79 Å². The summed E-state index contributed by atoms with van der Waals surface area (Å²) in [5.74, 6) is 0.231. The van der Waals surface area contributed by atoms with Gasteiger partial charge in [0.1, 0.15) is 16.8 Å². The van der Waals surface area contributed by atoms with Crippen LogP contribution in [0.5, 0.6) is 5.75 Å². The van der Waals surface area contributed by atoms with E-state index in [1.807, 2.05) is 29.2 Å². The standard InChI is InChI=1S/C25H23F3N4O3S/c1-15-10-12-31(13-11-15)20(33)14-36-24-30-21-18-4-2-3-5-19(18)29-22(21)23(34)32(24)16-6-8-17(9-7-16)35-25(26,27)28/h2-9,15,29H,10-14H2,1H3. The highest BCUT2D eigenvalue weighted by atomic mass is 32.2. The Labute approximate surface area is 208 Å². The third kappa shape index (κ3) is 4.92. The molecule has 2 aromatic carbocycles. The molecule has 0 saturated carbocycles. The molecule has 1 amide bonds. The fourth-order valence-electron chi connectivity index (χ4n) is 4.34. The normalized spacial score (nSPS) is 15.1. The van der Waals surface area contributed by atoms with E-state index < -0.39 is 17.7 Å². The molecule has 0 aliphatic carbocycles. The first-order valence-corrected chi connectivity index (χ1v) is 12.5. The van der Waals surface area contributed by atoms with Crippen LogP contribution in [0.3, 0.4) is 0 Å². The SMILES string of the molecule is CC1CCN(C(=O)CSc2nc3c([nH]c4ccccc43)c(=O)n2-c2ccc(OC(F)(F)F)cc2)CC1. The number of para-hydroxylation sites is 1. The van der Waals surface area contributed by atoms with E-state index in [0.717, 1.165) is 47.6 Å². The molecule has 36 heavy (non-hydrogen) atoms. The van der Waals surface area contributed by atoms with Gasteiger partial charge in [-0.25, -0.2) is 4.98 Å². The van der Waals surface area contributed by atoms with Crippen LogP contribution in [-0.4, -0.2) is 50.5 Å². The number of hydrogen-bond acceptors (Lipinski definition) is 5. The number of aromatic nitrogens is 3. The summed E-state index contributed by atoms with van der Waals surface area (Å²) in [6.07, 6.45) is -2.92. The molecule has 1 fully saturated rings. The average Bonchev–Trinajstić information content (AvgIpc) is 3.22. The van der Waals surface area contributed by atoms with Gasteiger partial charge in [-0.2, -0.15) is 0 Å². The Hall–Kier alpha value is -3.47. The molecule has 7 nitrogen and oxygen atoms in total. The molecule has 5 rings (SSSR count). The fraction of sp³-hybridized carbons (Fsp3) is 0.320. The van der Waals surface area contributed by atoms with Gasteiger partial charge in [-0.05, 0) is 49.1 Å². The zero-order valence-electron chi connectivity index (χ0n) is 19.3. The smallest absolute Gasteiger partial charge is 0.406 e. The van der Waals surface area contributed by atoms with Crippen molar-refractivity contribution in [2.75, 3.05) is 18.8 Å². The predicted octanol–water partition coefficient (Wildman–Crippen LogP) is 5.12. The van der Waals surface area contributed by atoms with Gasteiger partial charge in [0.15, 0.2) is 5.16 Å². The Morgan fingerprint density at radius 1 is 1.14 bits per heavy atom. The molecule has 0 unspecified atom stereocenters. The van der Waals surface area contributed by atoms with Gasteiger partial charge in [-0.15, -0.1) is 13.2 Å². The maximum absolute atomic E-state index is 13.6. The minimum Gasteiger partial charge on any atom is -0.406 e. The molecular weight excluding hydrogens is 493 g/mol. The van der Waals surface area contributed by atoms with Crippen molar-refractivity contribution >= 4 is 39.6 Å². The number of benzene rings is 2. The van der Waals surface area contributed by atoms with Gasteiger partial charge in [0.25, 0.3) is 5.56 Å². The highest BCUT2D eigenvalue weighted by Gasteiger charge is 2.31. The lowest BCUT2D eigenvalue weighted by atomic mass is 9.99. The first-order chi connectivity index (χ1) is 17.2. The maximum atomic E-state index is 13.6. The number of nitrogens with one attached hydrogen (secondary N) is 1. The summed E-state index contributed by atoms with van der Waals surface area (Å²) in [4.78, 5) is 36.1. The summed E-state index contributed by atoms with van der Waals surface area (Å²) < 4.78 is 43.0. The predicted molar refractivity (Wildman–Crippen MR) is 132 cm³/mol. The second-order valence-corrected chi connectivity index (χ2v) is 9.77. The average molecular weight is 517 g/mol. The Bertz CT molecular complexity index is 1470. The van der Waals surface area contributed by atoms with E-state index in [1.54, 1.807) is 0 Å². The van der Waals surface area contributed by atoms with Gasteiger partial charge in [0, 0.05) is 24.0 Å². The number of rotatable bonds is 5. The van der Waals surface area contributed by atoms with E-state index in [9.17, 15) is 22.8 Å². The molecule has 1 aliphatic rings. The first kappa shape index (κ1) is 24.2. The van der Waals surface area contributed by atoms with Gasteiger partial charge in [0.05, 0.1) is 11.4 Å². The van der Waals surface area contributed by atoms with Gasteiger partial charge >= 0.3 is 6.36 Å². The third-order valence-corrected chi connectivity index (χ3v) is 7.21. The maximum Gasteiger partial charge on any atom is 0.573 e. The lowest BCUT2D eigenvalue weighted by molar-refractivity contribution is -0.274. The van der Waals surface area contributed by atoms with Crippen LogP contribution in [0.2, 0.25) is 0 Å². The van der Waals surface area contributed by atoms with Crippen LogP contribution in [0.15, 0.2) is 58.5 Å². The molecule has 1 aliphatic heterocycles. The fourth-order valence-corrected chi connectivity index (χ4v) is 5.25. The molecule has 188 valence electrons. The van der Waals surface area contributed by atoms with Crippen molar-refractivity contribution in [2.45, 2.75) is 31.3 Å². The molecule has 0 bridgehead atoms. The minimum atomic E-state index is -4.82. The minimum absolute atomic E-state index is 0.0411. The van der Waals surface area contributed by atoms with Gasteiger partial charge in [0.2, 0.25) is 5.91 Å². The quantitative estimate of drug-likeness (QED) is 0.294. The summed E-state index contributed by atoms with van der Waals surface area (Å²) >= 11 is 1.14. The third-order valence-electron chi connectivity index (χ3n) is 6.28. The highest BCUT2D eigenvalue weighted by Crippen LogP contribution is 2.29. The zero-order chi connectivity index (χ0) is 25.4. The number of carbonyl (C=O) groups is 1. The number of H-pyrrole nitrogens is 1. The molecule has 0 spiro atoms. The van der Waals surface area contributed by atoms with Crippen molar-refractivity contribution in [3.05, 3.63) is 58.9 Å². The lowest BCUT2D eigenvalue weighted by Gasteiger charge is -2.30. The van der Waals surface area contributed by atoms with Crippen LogP contribution in [0.1, 0.15) is 19.8 Å². The number of hydrogen-bond donors (Lipinski definition) is 1. The second kappa shape index (κ2) is 9.53. The van der Waals surface area contributed by atoms with E-state index in [1.165, 1.54) is 16.7 Å². The lowest BCUT2D eigenvalue weighted by Crippen LogP contribution is -2.39. The Kier molecular flexibility index (Phi) is 6.42. The monoisotopic (exact) mass is 516 g/mol. The van der Waals surface area contributed by atoms with Crippen LogP contribution >= 0.6 is 11.8 Å². The van der Waals surface area contributed by atoms with Gasteiger partial charge in [-0.3, -0.25) is 14.2 Å². The number of thioether (sulfide) groups is 1. The largest absolute Gasteiger partial charge is 0.573 e. The van der Waals surface area contributed by atoms with Crippen LogP contribution < -0.4 is 10.3 Å². The number of fused-ring (bicyclic) bond motifs is 3. The molecule has 1 saturated heterocycles. The van der Waals surface area contributed by atoms with Crippen molar-refractivity contribution < 1.29 is 22.7 Å².